The second kappa shape index (κ2) is 5.77. The van der Waals surface area contributed by atoms with Crippen LogP contribution in [0.3, 0.4) is 0 Å². The summed E-state index contributed by atoms with van der Waals surface area (Å²) < 4.78 is 18.3. The van der Waals surface area contributed by atoms with E-state index in [1.54, 1.807) is 6.92 Å². The number of benzene rings is 1. The topological polar surface area (TPSA) is 43.4 Å². The van der Waals surface area contributed by atoms with Gasteiger partial charge in [0.1, 0.15) is 11.2 Å². The minimum Gasteiger partial charge on any atom is -0.462 e. The van der Waals surface area contributed by atoms with E-state index in [9.17, 15) is 14.0 Å². The van der Waals surface area contributed by atoms with Crippen molar-refractivity contribution < 1.29 is 18.7 Å². The fourth-order valence-electron chi connectivity index (χ4n) is 1.30. The van der Waals surface area contributed by atoms with E-state index in [1.807, 2.05) is 0 Å². The van der Waals surface area contributed by atoms with Gasteiger partial charge >= 0.3 is 5.97 Å². The van der Waals surface area contributed by atoms with Crippen LogP contribution in [0.4, 0.5) is 4.39 Å². The Labute approximate surface area is 104 Å². The number of ketones is 1. The number of carbonyl (C=O) groups excluding carboxylic acids is 2. The van der Waals surface area contributed by atoms with Crippen molar-refractivity contribution in [1.29, 1.82) is 0 Å². The normalized spacial score (nSPS) is 12.0. The van der Waals surface area contributed by atoms with Gasteiger partial charge < -0.3 is 4.74 Å². The van der Waals surface area contributed by atoms with Crippen molar-refractivity contribution in [2.75, 3.05) is 6.61 Å². The molecule has 1 atom stereocenters. The van der Waals surface area contributed by atoms with Crippen LogP contribution in [0.1, 0.15) is 35.1 Å². The summed E-state index contributed by atoms with van der Waals surface area (Å²) in [6, 6.07) is 3.78. The van der Waals surface area contributed by atoms with E-state index in [0.717, 1.165) is 6.07 Å². The van der Waals surface area contributed by atoms with Gasteiger partial charge in [-0.2, -0.15) is 0 Å². The van der Waals surface area contributed by atoms with Crippen molar-refractivity contribution in [2.45, 2.75) is 19.2 Å². The third-order valence-corrected chi connectivity index (χ3v) is 2.70. The largest absolute Gasteiger partial charge is 0.462 e. The molecule has 17 heavy (non-hydrogen) atoms. The lowest BCUT2D eigenvalue weighted by Gasteiger charge is -2.08. The molecule has 0 fully saturated rings. The highest BCUT2D eigenvalue weighted by Crippen LogP contribution is 2.23. The molecule has 0 radical (unpaired) electrons. The molecule has 0 N–H and O–H groups in total. The number of ether oxygens (including phenoxy) is 1. The van der Waals surface area contributed by atoms with E-state index in [0.29, 0.717) is 5.56 Å². The Morgan fingerprint density at radius 2 is 2.12 bits per heavy atom. The first-order chi connectivity index (χ1) is 7.97. The number of alkyl halides is 1. The molecule has 0 saturated heterocycles. The SMILES string of the molecule is CCOC(=O)c1ccc(C(Cl)C(C)=O)cc1F. The first-order valence-electron chi connectivity index (χ1n) is 5.08. The van der Waals surface area contributed by atoms with Crippen LogP contribution in [0.2, 0.25) is 0 Å². The molecule has 3 nitrogen and oxygen atoms in total. The lowest BCUT2D eigenvalue weighted by Crippen LogP contribution is -2.09. The summed E-state index contributed by atoms with van der Waals surface area (Å²) in [5, 5.41) is -0.902. The minimum absolute atomic E-state index is 0.164. The van der Waals surface area contributed by atoms with Crippen LogP contribution in [-0.2, 0) is 9.53 Å². The molecule has 0 saturated carbocycles. The smallest absolute Gasteiger partial charge is 0.341 e. The van der Waals surface area contributed by atoms with Gasteiger partial charge in [0, 0.05) is 0 Å². The predicted molar refractivity (Wildman–Crippen MR) is 61.6 cm³/mol. The molecular weight excluding hydrogens is 247 g/mol. The van der Waals surface area contributed by atoms with Crippen LogP contribution < -0.4 is 0 Å². The summed E-state index contributed by atoms with van der Waals surface area (Å²) in [6.45, 7) is 3.12. The van der Waals surface area contributed by atoms with Gasteiger partial charge in [0.05, 0.1) is 12.2 Å². The first-order valence-corrected chi connectivity index (χ1v) is 5.52. The molecule has 0 bridgehead atoms. The number of halogens is 2. The number of rotatable bonds is 4. The summed E-state index contributed by atoms with van der Waals surface area (Å²) in [5.41, 5.74) is 0.160. The van der Waals surface area contributed by atoms with Gasteiger partial charge in [-0.15, -0.1) is 11.6 Å². The molecule has 0 amide bonds. The van der Waals surface area contributed by atoms with Crippen molar-refractivity contribution in [2.24, 2.45) is 0 Å². The van der Waals surface area contributed by atoms with Gasteiger partial charge in [-0.05, 0) is 31.5 Å². The molecule has 0 aliphatic heterocycles. The van der Waals surface area contributed by atoms with E-state index in [4.69, 9.17) is 11.6 Å². The maximum absolute atomic E-state index is 13.6. The molecule has 0 aliphatic carbocycles. The Morgan fingerprint density at radius 3 is 2.59 bits per heavy atom. The minimum atomic E-state index is -0.902. The molecule has 1 aromatic rings. The third-order valence-electron chi connectivity index (χ3n) is 2.14. The van der Waals surface area contributed by atoms with Crippen LogP contribution in [0.5, 0.6) is 0 Å². The van der Waals surface area contributed by atoms with Crippen LogP contribution in [0.25, 0.3) is 0 Å². The van der Waals surface area contributed by atoms with E-state index in [2.05, 4.69) is 4.74 Å². The second-order valence-corrected chi connectivity index (χ2v) is 3.87. The zero-order valence-corrected chi connectivity index (χ0v) is 10.3. The Bertz CT molecular complexity index is 445. The van der Waals surface area contributed by atoms with Gasteiger partial charge in [0.2, 0.25) is 0 Å². The molecule has 5 heteroatoms. The second-order valence-electron chi connectivity index (χ2n) is 3.43. The van der Waals surface area contributed by atoms with Crippen LogP contribution in [0, 0.1) is 5.82 Å². The highest BCUT2D eigenvalue weighted by atomic mass is 35.5. The lowest BCUT2D eigenvalue weighted by atomic mass is 10.1. The fraction of sp³-hybridized carbons (Fsp3) is 0.333. The Kier molecular flexibility index (Phi) is 4.63. The maximum atomic E-state index is 13.6. The van der Waals surface area contributed by atoms with Crippen molar-refractivity contribution in [3.05, 3.63) is 35.1 Å². The molecule has 0 spiro atoms. The molecule has 1 rings (SSSR count). The molecule has 0 aliphatic rings. The number of hydrogen-bond acceptors (Lipinski definition) is 3. The van der Waals surface area contributed by atoms with Gasteiger partial charge in [-0.1, -0.05) is 6.07 Å². The van der Waals surface area contributed by atoms with Gasteiger partial charge in [-0.25, -0.2) is 9.18 Å². The quantitative estimate of drug-likeness (QED) is 0.616. The van der Waals surface area contributed by atoms with Gasteiger partial charge in [-0.3, -0.25) is 4.79 Å². The third kappa shape index (κ3) is 3.27. The average molecular weight is 259 g/mol. The van der Waals surface area contributed by atoms with Crippen molar-refractivity contribution in [3.8, 4) is 0 Å². The Morgan fingerprint density at radius 1 is 1.47 bits per heavy atom. The van der Waals surface area contributed by atoms with E-state index in [1.165, 1.54) is 19.1 Å². The summed E-state index contributed by atoms with van der Waals surface area (Å²) in [6.07, 6.45) is 0. The highest BCUT2D eigenvalue weighted by Gasteiger charge is 2.18. The zero-order valence-electron chi connectivity index (χ0n) is 9.50. The molecule has 0 aromatic heterocycles. The molecular formula is C12H12ClFO3. The molecule has 1 aromatic carbocycles. The van der Waals surface area contributed by atoms with Crippen molar-refractivity contribution in [1.82, 2.24) is 0 Å². The average Bonchev–Trinajstić information content (AvgIpc) is 2.27. The highest BCUT2D eigenvalue weighted by molar-refractivity contribution is 6.30. The van der Waals surface area contributed by atoms with Crippen LogP contribution in [0.15, 0.2) is 18.2 Å². The van der Waals surface area contributed by atoms with Crippen molar-refractivity contribution >= 4 is 23.4 Å². The maximum Gasteiger partial charge on any atom is 0.341 e. The number of hydrogen-bond donors (Lipinski definition) is 0. The summed E-state index contributed by atoms with van der Waals surface area (Å²) >= 11 is 5.77. The molecule has 0 heterocycles. The molecule has 1 unspecified atom stereocenters. The van der Waals surface area contributed by atoms with E-state index in [-0.39, 0.29) is 18.0 Å². The van der Waals surface area contributed by atoms with Crippen LogP contribution >= 0.6 is 11.6 Å². The monoisotopic (exact) mass is 258 g/mol. The summed E-state index contributed by atoms with van der Waals surface area (Å²) in [4.78, 5) is 22.3. The fourth-order valence-corrected chi connectivity index (χ4v) is 1.43. The zero-order chi connectivity index (χ0) is 13.0. The van der Waals surface area contributed by atoms with Crippen LogP contribution in [-0.4, -0.2) is 18.4 Å². The Hall–Kier alpha value is -1.42. The van der Waals surface area contributed by atoms with Gasteiger partial charge in [0.25, 0.3) is 0 Å². The summed E-state index contributed by atoms with van der Waals surface area (Å²) in [5.74, 6) is -1.76. The summed E-state index contributed by atoms with van der Waals surface area (Å²) in [7, 11) is 0. The molecule has 92 valence electrons. The van der Waals surface area contributed by atoms with Gasteiger partial charge in [0.15, 0.2) is 5.78 Å². The van der Waals surface area contributed by atoms with E-state index < -0.39 is 17.2 Å². The number of Topliss-reactive ketones (excluding diaryl/α,β-unsaturated/α-hetero) is 1. The lowest BCUT2D eigenvalue weighted by molar-refractivity contribution is -0.116. The standard InChI is InChI=1S/C12H12ClFO3/c1-3-17-12(16)9-5-4-8(6-10(9)14)11(13)7(2)15/h4-6,11H,3H2,1-2H3. The number of esters is 1. The van der Waals surface area contributed by atoms with Crippen molar-refractivity contribution in [3.63, 3.8) is 0 Å². The van der Waals surface area contributed by atoms with E-state index >= 15 is 0 Å². The Balaban J connectivity index is 3.01. The first kappa shape index (κ1) is 13.6. The predicted octanol–water partition coefficient (Wildman–Crippen LogP) is 2.87. The number of carbonyl (C=O) groups is 2.